The highest BCUT2D eigenvalue weighted by atomic mass is 35.5. The highest BCUT2D eigenvalue weighted by Crippen LogP contribution is 2.37. The van der Waals surface area contributed by atoms with Gasteiger partial charge in [-0.05, 0) is 67.1 Å². The number of amides is 1. The Morgan fingerprint density at radius 1 is 1.12 bits per heavy atom. The molecule has 166 valence electrons. The number of benzene rings is 3. The van der Waals surface area contributed by atoms with Gasteiger partial charge in [-0.1, -0.05) is 23.7 Å². The Labute approximate surface area is 191 Å². The zero-order chi connectivity index (χ0) is 22.9. The number of sulfonamides is 1. The molecule has 0 bridgehead atoms. The first-order chi connectivity index (χ1) is 15.3. The van der Waals surface area contributed by atoms with Crippen LogP contribution in [0.3, 0.4) is 0 Å². The fourth-order valence-corrected chi connectivity index (χ4v) is 5.12. The number of halogens is 1. The summed E-state index contributed by atoms with van der Waals surface area (Å²) in [5.41, 5.74) is 1.73. The lowest BCUT2D eigenvalue weighted by atomic mass is 10.1. The average Bonchev–Trinajstić information content (AvgIpc) is 2.80. The van der Waals surface area contributed by atoms with E-state index in [0.717, 1.165) is 5.56 Å². The van der Waals surface area contributed by atoms with E-state index in [4.69, 9.17) is 21.1 Å². The zero-order valence-corrected chi connectivity index (χ0v) is 19.0. The fourth-order valence-electron chi connectivity index (χ4n) is 3.42. The molecule has 0 spiro atoms. The molecule has 9 heteroatoms. The molecule has 0 saturated carbocycles. The first-order valence-corrected chi connectivity index (χ1v) is 11.6. The maximum absolute atomic E-state index is 13.5. The molecule has 3 aromatic rings. The number of methoxy groups -OCH3 is 1. The number of nitrogens with one attached hydrogen (secondary N) is 1. The van der Waals surface area contributed by atoms with Crippen molar-refractivity contribution < 1.29 is 22.7 Å². The monoisotopic (exact) mass is 472 g/mol. The number of rotatable bonds is 5. The third kappa shape index (κ3) is 4.24. The Bertz CT molecular complexity index is 1260. The maximum Gasteiger partial charge on any atom is 0.267 e. The summed E-state index contributed by atoms with van der Waals surface area (Å²) in [6, 6.07) is 17.9. The number of fused-ring (bicyclic) bond motifs is 1. The molecule has 1 amide bonds. The van der Waals surface area contributed by atoms with Crippen molar-refractivity contribution in [3.63, 3.8) is 0 Å². The van der Waals surface area contributed by atoms with Crippen LogP contribution in [0.4, 0.5) is 11.4 Å². The molecule has 0 radical (unpaired) electrons. The van der Waals surface area contributed by atoms with E-state index < -0.39 is 22.0 Å². The molecule has 0 aromatic heterocycles. The number of carbonyl (C=O) groups excluding carboxylic acids is 1. The highest BCUT2D eigenvalue weighted by molar-refractivity contribution is 7.92. The molecule has 0 saturated heterocycles. The summed E-state index contributed by atoms with van der Waals surface area (Å²) in [4.78, 5) is 13.1. The SMILES string of the molecule is COc1ccc(S(=O)(=O)N2CC(C(=O)Nc3ccc(Cl)cc3C)Oc3ccccc32)cc1. The number of ether oxygens (including phenoxy) is 2. The van der Waals surface area contributed by atoms with Crippen LogP contribution < -0.4 is 19.1 Å². The van der Waals surface area contributed by atoms with E-state index in [1.54, 1.807) is 54.6 Å². The van der Waals surface area contributed by atoms with Gasteiger partial charge in [0.1, 0.15) is 11.5 Å². The Balaban J connectivity index is 1.66. The quantitative estimate of drug-likeness (QED) is 0.600. The predicted octanol–water partition coefficient (Wildman–Crippen LogP) is 4.25. The van der Waals surface area contributed by atoms with Crippen LogP contribution in [-0.2, 0) is 14.8 Å². The minimum absolute atomic E-state index is 0.0858. The molecule has 0 fully saturated rings. The van der Waals surface area contributed by atoms with Crippen molar-refractivity contribution in [2.24, 2.45) is 0 Å². The summed E-state index contributed by atoms with van der Waals surface area (Å²) in [7, 11) is -2.45. The molecule has 1 aliphatic rings. The van der Waals surface area contributed by atoms with Gasteiger partial charge in [-0.3, -0.25) is 9.10 Å². The molecule has 7 nitrogen and oxygen atoms in total. The third-order valence-corrected chi connectivity index (χ3v) is 7.15. The lowest BCUT2D eigenvalue weighted by Gasteiger charge is -2.34. The second-order valence-corrected chi connectivity index (χ2v) is 9.53. The van der Waals surface area contributed by atoms with Crippen molar-refractivity contribution in [3.05, 3.63) is 77.3 Å². The number of hydrogen-bond donors (Lipinski definition) is 1. The standard InChI is InChI=1S/C23H21ClN2O5S/c1-15-13-16(24)7-12-19(15)25-23(27)22-14-26(20-5-3-4-6-21(20)31-22)32(28,29)18-10-8-17(30-2)9-11-18/h3-13,22H,14H2,1-2H3,(H,25,27). The van der Waals surface area contributed by atoms with Gasteiger partial charge in [0.2, 0.25) is 0 Å². The lowest BCUT2D eigenvalue weighted by molar-refractivity contribution is -0.122. The number of hydrogen-bond acceptors (Lipinski definition) is 5. The van der Waals surface area contributed by atoms with Gasteiger partial charge in [0.25, 0.3) is 15.9 Å². The number of carbonyl (C=O) groups is 1. The van der Waals surface area contributed by atoms with Crippen LogP contribution >= 0.6 is 11.6 Å². The largest absolute Gasteiger partial charge is 0.497 e. The number of aryl methyl sites for hydroxylation is 1. The van der Waals surface area contributed by atoms with Crippen molar-refractivity contribution in [2.45, 2.75) is 17.9 Å². The van der Waals surface area contributed by atoms with Gasteiger partial charge in [0, 0.05) is 10.7 Å². The molecule has 1 aliphatic heterocycles. The van der Waals surface area contributed by atoms with Gasteiger partial charge in [0.15, 0.2) is 6.10 Å². The molecular weight excluding hydrogens is 452 g/mol. The second kappa shape index (κ2) is 8.72. The highest BCUT2D eigenvalue weighted by Gasteiger charge is 2.37. The first kappa shape index (κ1) is 22.0. The Kier molecular flexibility index (Phi) is 5.99. The molecule has 1 heterocycles. The number of para-hydroxylation sites is 2. The maximum atomic E-state index is 13.5. The minimum atomic E-state index is -3.95. The second-order valence-electron chi connectivity index (χ2n) is 7.23. The predicted molar refractivity (Wildman–Crippen MR) is 123 cm³/mol. The average molecular weight is 473 g/mol. The number of anilines is 2. The molecule has 1 unspecified atom stereocenters. The summed E-state index contributed by atoms with van der Waals surface area (Å²) >= 11 is 5.99. The Hall–Kier alpha value is -3.23. The minimum Gasteiger partial charge on any atom is -0.497 e. The van der Waals surface area contributed by atoms with E-state index in [-0.39, 0.29) is 11.4 Å². The van der Waals surface area contributed by atoms with E-state index in [1.165, 1.54) is 23.5 Å². The smallest absolute Gasteiger partial charge is 0.267 e. The van der Waals surface area contributed by atoms with Crippen LogP contribution in [0.25, 0.3) is 0 Å². The first-order valence-electron chi connectivity index (χ1n) is 9.79. The van der Waals surface area contributed by atoms with E-state index in [9.17, 15) is 13.2 Å². The van der Waals surface area contributed by atoms with E-state index in [1.807, 2.05) is 6.92 Å². The molecule has 4 rings (SSSR count). The van der Waals surface area contributed by atoms with Crippen LogP contribution in [0.15, 0.2) is 71.6 Å². The van der Waals surface area contributed by atoms with Crippen LogP contribution in [0.2, 0.25) is 5.02 Å². The van der Waals surface area contributed by atoms with E-state index in [2.05, 4.69) is 5.32 Å². The summed E-state index contributed by atoms with van der Waals surface area (Å²) in [5, 5.41) is 3.36. The van der Waals surface area contributed by atoms with Crippen LogP contribution in [-0.4, -0.2) is 34.1 Å². The lowest BCUT2D eigenvalue weighted by Crippen LogP contribution is -2.48. The Morgan fingerprint density at radius 2 is 1.84 bits per heavy atom. The van der Waals surface area contributed by atoms with Crippen LogP contribution in [0.5, 0.6) is 11.5 Å². The van der Waals surface area contributed by atoms with Crippen LogP contribution in [0, 0.1) is 6.92 Å². The van der Waals surface area contributed by atoms with E-state index in [0.29, 0.717) is 27.9 Å². The summed E-state index contributed by atoms with van der Waals surface area (Å²) < 4.78 is 39.1. The molecule has 1 N–H and O–H groups in total. The molecule has 1 atom stereocenters. The zero-order valence-electron chi connectivity index (χ0n) is 17.4. The normalized spacial score (nSPS) is 15.5. The van der Waals surface area contributed by atoms with Gasteiger partial charge in [0.05, 0.1) is 24.2 Å². The molecule has 32 heavy (non-hydrogen) atoms. The van der Waals surface area contributed by atoms with Crippen LogP contribution in [0.1, 0.15) is 5.56 Å². The summed E-state index contributed by atoms with van der Waals surface area (Å²) in [6.45, 7) is 1.64. The van der Waals surface area contributed by atoms with Gasteiger partial charge in [-0.15, -0.1) is 0 Å². The van der Waals surface area contributed by atoms with Gasteiger partial charge >= 0.3 is 0 Å². The fraction of sp³-hybridized carbons (Fsp3) is 0.174. The third-order valence-electron chi connectivity index (χ3n) is 5.12. The van der Waals surface area contributed by atoms with Crippen molar-refractivity contribution in [1.82, 2.24) is 0 Å². The van der Waals surface area contributed by atoms with Crippen molar-refractivity contribution in [1.29, 1.82) is 0 Å². The molecule has 0 aliphatic carbocycles. The van der Waals surface area contributed by atoms with Gasteiger partial charge in [-0.2, -0.15) is 0 Å². The van der Waals surface area contributed by atoms with Gasteiger partial charge in [-0.25, -0.2) is 8.42 Å². The number of nitrogens with zero attached hydrogens (tertiary/aromatic N) is 1. The summed E-state index contributed by atoms with van der Waals surface area (Å²) in [6.07, 6.45) is -1.05. The van der Waals surface area contributed by atoms with E-state index >= 15 is 0 Å². The van der Waals surface area contributed by atoms with Crippen molar-refractivity contribution in [3.8, 4) is 11.5 Å². The topological polar surface area (TPSA) is 84.9 Å². The molecular formula is C23H21ClN2O5S. The molecule has 3 aromatic carbocycles. The Morgan fingerprint density at radius 3 is 2.53 bits per heavy atom. The summed E-state index contributed by atoms with van der Waals surface area (Å²) in [5.74, 6) is 0.394. The van der Waals surface area contributed by atoms with Gasteiger partial charge < -0.3 is 14.8 Å². The van der Waals surface area contributed by atoms with Crippen molar-refractivity contribution >= 4 is 38.9 Å². The van der Waals surface area contributed by atoms with Crippen molar-refractivity contribution in [2.75, 3.05) is 23.3 Å².